The Hall–Kier alpha value is -0.790. The molecule has 0 N–H and O–H groups in total. The van der Waals surface area contributed by atoms with Gasteiger partial charge in [-0.2, -0.15) is 0 Å². The van der Waals surface area contributed by atoms with E-state index in [-0.39, 0.29) is 17.5 Å². The van der Waals surface area contributed by atoms with Gasteiger partial charge in [0, 0.05) is 11.6 Å². The molecule has 0 fully saturated rings. The van der Waals surface area contributed by atoms with Crippen LogP contribution in [0.25, 0.3) is 0 Å². The van der Waals surface area contributed by atoms with Crippen molar-refractivity contribution in [2.24, 2.45) is 0 Å². The molecule has 0 aliphatic rings. The number of rotatable bonds is 2. The lowest BCUT2D eigenvalue weighted by atomic mass is 10.0. The van der Waals surface area contributed by atoms with Gasteiger partial charge in [-0.05, 0) is 40.7 Å². The van der Waals surface area contributed by atoms with Crippen LogP contribution in [-0.4, -0.2) is 22.4 Å². The molecule has 2 heteroatoms. The normalized spacial score (nSPS) is 11.5. The molecule has 0 aliphatic heterocycles. The van der Waals surface area contributed by atoms with Crippen LogP contribution < -0.4 is 0 Å². The lowest BCUT2D eigenvalue weighted by molar-refractivity contribution is -0.132. The summed E-state index contributed by atoms with van der Waals surface area (Å²) < 4.78 is 0. The number of hydrogen-bond donors (Lipinski definition) is 0. The third-order valence-corrected chi connectivity index (χ3v) is 1.65. The fraction of sp³-hybridized carbons (Fsp3) is 0.700. The van der Waals surface area contributed by atoms with E-state index in [9.17, 15) is 4.79 Å². The first-order valence-corrected chi connectivity index (χ1v) is 4.26. The molecule has 70 valence electrons. The summed E-state index contributed by atoms with van der Waals surface area (Å²) in [6, 6.07) is 0.218. The largest absolute Gasteiger partial charge is 0.332 e. The topological polar surface area (TPSA) is 20.3 Å². The molecule has 1 amide bonds. The minimum Gasteiger partial charge on any atom is -0.332 e. The van der Waals surface area contributed by atoms with Crippen LogP contribution in [0.1, 0.15) is 34.6 Å². The van der Waals surface area contributed by atoms with Crippen molar-refractivity contribution in [3.63, 3.8) is 0 Å². The summed E-state index contributed by atoms with van der Waals surface area (Å²) in [6.45, 7) is 13.6. The average molecular weight is 169 g/mol. The lowest BCUT2D eigenvalue weighted by Crippen LogP contribution is -2.48. The minimum absolute atomic E-state index is 0.00231. The Bertz CT molecular complexity index is 177. The molecule has 0 bridgehead atoms. The molecule has 2 nitrogen and oxygen atoms in total. The highest BCUT2D eigenvalue weighted by Gasteiger charge is 2.26. The van der Waals surface area contributed by atoms with Gasteiger partial charge in [-0.1, -0.05) is 6.58 Å². The first-order valence-electron chi connectivity index (χ1n) is 4.26. The summed E-state index contributed by atoms with van der Waals surface area (Å²) in [5, 5.41) is 0. The second kappa shape index (κ2) is 3.74. The summed E-state index contributed by atoms with van der Waals surface area (Å²) in [5.41, 5.74) is -0.126. The second-order valence-electron chi connectivity index (χ2n) is 4.18. The Morgan fingerprint density at radius 3 is 1.92 bits per heavy atom. The van der Waals surface area contributed by atoms with Gasteiger partial charge in [-0.3, -0.25) is 4.79 Å². The zero-order valence-corrected chi connectivity index (χ0v) is 8.72. The maximum atomic E-state index is 11.4. The van der Waals surface area contributed by atoms with E-state index < -0.39 is 0 Å². The van der Waals surface area contributed by atoms with Crippen molar-refractivity contribution >= 4 is 5.91 Å². The van der Waals surface area contributed by atoms with Gasteiger partial charge in [0.1, 0.15) is 0 Å². The molecule has 0 saturated heterocycles. The van der Waals surface area contributed by atoms with Crippen molar-refractivity contribution in [3.8, 4) is 0 Å². The third kappa shape index (κ3) is 2.68. The lowest BCUT2D eigenvalue weighted by Gasteiger charge is -2.38. The molecule has 0 aromatic rings. The molecule has 0 unspecified atom stereocenters. The van der Waals surface area contributed by atoms with E-state index in [4.69, 9.17) is 0 Å². The highest BCUT2D eigenvalue weighted by atomic mass is 16.2. The Balaban J connectivity index is 4.67. The van der Waals surface area contributed by atoms with E-state index in [0.717, 1.165) is 0 Å². The molecule has 0 radical (unpaired) electrons. The molecule has 12 heavy (non-hydrogen) atoms. The zero-order chi connectivity index (χ0) is 9.94. The van der Waals surface area contributed by atoms with Crippen LogP contribution in [0.3, 0.4) is 0 Å². The SMILES string of the molecule is C=CC(=O)N(C(C)C)C(C)(C)C. The predicted octanol–water partition coefficient (Wildman–Crippen LogP) is 2.21. The summed E-state index contributed by atoms with van der Waals surface area (Å²) in [4.78, 5) is 13.2. The number of nitrogens with zero attached hydrogens (tertiary/aromatic N) is 1. The molecule has 0 heterocycles. The maximum absolute atomic E-state index is 11.4. The van der Waals surface area contributed by atoms with Crippen molar-refractivity contribution < 1.29 is 4.79 Å². The van der Waals surface area contributed by atoms with Crippen LogP contribution in [0.15, 0.2) is 12.7 Å². The zero-order valence-electron chi connectivity index (χ0n) is 8.72. The van der Waals surface area contributed by atoms with Crippen molar-refractivity contribution in [1.82, 2.24) is 4.90 Å². The van der Waals surface area contributed by atoms with E-state index in [1.807, 2.05) is 39.5 Å². The average Bonchev–Trinajstić information content (AvgIpc) is 1.83. The van der Waals surface area contributed by atoms with Gasteiger partial charge in [0.25, 0.3) is 0 Å². The molecule has 0 saturated carbocycles. The van der Waals surface area contributed by atoms with E-state index in [1.54, 1.807) is 0 Å². The fourth-order valence-corrected chi connectivity index (χ4v) is 1.46. The van der Waals surface area contributed by atoms with Gasteiger partial charge in [0.2, 0.25) is 5.91 Å². The molecule has 0 aliphatic carbocycles. The number of amides is 1. The highest BCUT2D eigenvalue weighted by molar-refractivity contribution is 5.87. The van der Waals surface area contributed by atoms with Crippen molar-refractivity contribution in [1.29, 1.82) is 0 Å². The van der Waals surface area contributed by atoms with Crippen LogP contribution in [0, 0.1) is 0 Å². The van der Waals surface area contributed by atoms with Gasteiger partial charge >= 0.3 is 0 Å². The van der Waals surface area contributed by atoms with Crippen LogP contribution in [0.2, 0.25) is 0 Å². The first-order chi connectivity index (χ1) is 5.30. The van der Waals surface area contributed by atoms with E-state index >= 15 is 0 Å². The third-order valence-electron chi connectivity index (χ3n) is 1.65. The van der Waals surface area contributed by atoms with Crippen molar-refractivity contribution in [2.75, 3.05) is 0 Å². The van der Waals surface area contributed by atoms with Crippen LogP contribution >= 0.6 is 0 Å². The summed E-state index contributed by atoms with van der Waals surface area (Å²) in [7, 11) is 0. The second-order valence-corrected chi connectivity index (χ2v) is 4.18. The maximum Gasteiger partial charge on any atom is 0.246 e. The minimum atomic E-state index is -0.126. The van der Waals surface area contributed by atoms with Gasteiger partial charge in [-0.15, -0.1) is 0 Å². The number of hydrogen-bond acceptors (Lipinski definition) is 1. The van der Waals surface area contributed by atoms with E-state index in [2.05, 4.69) is 6.58 Å². The van der Waals surface area contributed by atoms with Gasteiger partial charge < -0.3 is 4.90 Å². The van der Waals surface area contributed by atoms with Crippen molar-refractivity contribution in [3.05, 3.63) is 12.7 Å². The number of carbonyl (C=O) groups excluding carboxylic acids is 1. The monoisotopic (exact) mass is 169 g/mol. The number of carbonyl (C=O) groups is 1. The highest BCUT2D eigenvalue weighted by Crippen LogP contribution is 2.16. The summed E-state index contributed by atoms with van der Waals surface area (Å²) in [5.74, 6) is -0.00231. The molecular weight excluding hydrogens is 150 g/mol. The van der Waals surface area contributed by atoms with Crippen LogP contribution in [0.4, 0.5) is 0 Å². The standard InChI is InChI=1S/C10H19NO/c1-7-9(12)11(8(2)3)10(4,5)6/h7-8H,1H2,2-6H3. The molecule has 0 aromatic heterocycles. The van der Waals surface area contributed by atoms with Gasteiger partial charge in [-0.25, -0.2) is 0 Å². The molecule has 0 atom stereocenters. The summed E-state index contributed by atoms with van der Waals surface area (Å²) >= 11 is 0. The van der Waals surface area contributed by atoms with Crippen molar-refractivity contribution in [2.45, 2.75) is 46.2 Å². The van der Waals surface area contributed by atoms with Crippen LogP contribution in [-0.2, 0) is 4.79 Å². The van der Waals surface area contributed by atoms with Gasteiger partial charge in [0.05, 0.1) is 0 Å². The summed E-state index contributed by atoms with van der Waals surface area (Å²) in [6.07, 6.45) is 1.37. The molecule has 0 aromatic carbocycles. The Labute approximate surface area is 75.3 Å². The quantitative estimate of drug-likeness (QED) is 0.580. The predicted molar refractivity (Wildman–Crippen MR) is 51.9 cm³/mol. The van der Waals surface area contributed by atoms with E-state index in [1.165, 1.54) is 6.08 Å². The first kappa shape index (κ1) is 11.2. The molecule has 0 rings (SSSR count). The van der Waals surface area contributed by atoms with Gasteiger partial charge in [0.15, 0.2) is 0 Å². The Kier molecular flexibility index (Phi) is 3.50. The molecule has 0 spiro atoms. The van der Waals surface area contributed by atoms with Crippen LogP contribution in [0.5, 0.6) is 0 Å². The molecular formula is C10H19NO. The van der Waals surface area contributed by atoms with E-state index in [0.29, 0.717) is 0 Å². The smallest absolute Gasteiger partial charge is 0.246 e. The fourth-order valence-electron chi connectivity index (χ4n) is 1.46. The Morgan fingerprint density at radius 2 is 1.83 bits per heavy atom. The Morgan fingerprint density at radius 1 is 1.42 bits per heavy atom.